The number of hydrazine groups is 1. The number of primary amides is 1. The molecule has 1 heterocycles. The standard InChI is InChI=1S/C11H19N3O3/c1-2-3-6-10(16)13-7-4-5-9(11(12)17)14(13)8-15/h8-9H,2-7H2,1H3,(H2,12,17). The molecule has 1 atom stereocenters. The summed E-state index contributed by atoms with van der Waals surface area (Å²) in [4.78, 5) is 34.0. The fourth-order valence-electron chi connectivity index (χ4n) is 1.96. The second-order valence-corrected chi connectivity index (χ2v) is 4.17. The molecule has 1 aliphatic heterocycles. The summed E-state index contributed by atoms with van der Waals surface area (Å²) < 4.78 is 0. The number of rotatable bonds is 5. The van der Waals surface area contributed by atoms with Gasteiger partial charge in [0.1, 0.15) is 6.04 Å². The Morgan fingerprint density at radius 3 is 2.71 bits per heavy atom. The van der Waals surface area contributed by atoms with Crippen LogP contribution in [0.15, 0.2) is 0 Å². The molecule has 0 saturated carbocycles. The highest BCUT2D eigenvalue weighted by atomic mass is 16.2. The van der Waals surface area contributed by atoms with Crippen LogP contribution < -0.4 is 5.73 Å². The van der Waals surface area contributed by atoms with E-state index in [0.29, 0.717) is 32.2 Å². The molecule has 0 radical (unpaired) electrons. The predicted octanol–water partition coefficient (Wildman–Crippen LogP) is 0.0263. The normalized spacial score (nSPS) is 20.2. The number of carbonyl (C=O) groups is 3. The number of amides is 3. The molecule has 0 spiro atoms. The third-order valence-corrected chi connectivity index (χ3v) is 2.91. The Labute approximate surface area is 101 Å². The SMILES string of the molecule is CCCCC(=O)N1CCCC(C(N)=O)N1C=O. The Morgan fingerprint density at radius 1 is 1.47 bits per heavy atom. The minimum atomic E-state index is -0.688. The molecule has 1 fully saturated rings. The van der Waals surface area contributed by atoms with Crippen molar-refractivity contribution in [3.8, 4) is 0 Å². The Bertz CT molecular complexity index is 306. The van der Waals surface area contributed by atoms with Crippen LogP contribution >= 0.6 is 0 Å². The second-order valence-electron chi connectivity index (χ2n) is 4.17. The van der Waals surface area contributed by atoms with Gasteiger partial charge in [0.15, 0.2) is 0 Å². The van der Waals surface area contributed by atoms with Crippen molar-refractivity contribution in [2.75, 3.05) is 6.54 Å². The van der Waals surface area contributed by atoms with Crippen molar-refractivity contribution in [3.05, 3.63) is 0 Å². The quantitative estimate of drug-likeness (QED) is 0.689. The average Bonchev–Trinajstić information content (AvgIpc) is 2.34. The molecule has 6 heteroatoms. The summed E-state index contributed by atoms with van der Waals surface area (Å²) in [6.45, 7) is 2.47. The van der Waals surface area contributed by atoms with E-state index in [4.69, 9.17) is 5.73 Å². The first-order chi connectivity index (χ1) is 8.11. The lowest BCUT2D eigenvalue weighted by Gasteiger charge is -2.40. The van der Waals surface area contributed by atoms with E-state index in [1.165, 1.54) is 5.01 Å². The van der Waals surface area contributed by atoms with Crippen molar-refractivity contribution in [2.45, 2.75) is 45.1 Å². The molecule has 96 valence electrons. The first kappa shape index (κ1) is 13.5. The summed E-state index contributed by atoms with van der Waals surface area (Å²) in [5, 5.41) is 2.49. The number of nitrogens with two attached hydrogens (primary N) is 1. The molecule has 1 aliphatic rings. The van der Waals surface area contributed by atoms with Gasteiger partial charge in [-0.3, -0.25) is 19.4 Å². The number of unbranched alkanes of at least 4 members (excludes halogenated alkanes) is 1. The van der Waals surface area contributed by atoms with E-state index >= 15 is 0 Å². The van der Waals surface area contributed by atoms with Crippen molar-refractivity contribution in [1.82, 2.24) is 10.0 Å². The zero-order valence-corrected chi connectivity index (χ0v) is 10.1. The largest absolute Gasteiger partial charge is 0.368 e. The lowest BCUT2D eigenvalue weighted by Crippen LogP contribution is -2.58. The fraction of sp³-hybridized carbons (Fsp3) is 0.727. The molecular weight excluding hydrogens is 222 g/mol. The van der Waals surface area contributed by atoms with E-state index in [1.54, 1.807) is 0 Å². The van der Waals surface area contributed by atoms with E-state index < -0.39 is 11.9 Å². The van der Waals surface area contributed by atoms with Crippen molar-refractivity contribution >= 4 is 18.2 Å². The molecule has 0 aromatic rings. The molecule has 3 amide bonds. The smallest absolute Gasteiger partial charge is 0.242 e. The summed E-state index contributed by atoms with van der Waals surface area (Å²) >= 11 is 0. The summed E-state index contributed by atoms with van der Waals surface area (Å²) in [5.74, 6) is -0.685. The topological polar surface area (TPSA) is 83.7 Å². The molecule has 1 saturated heterocycles. The molecule has 17 heavy (non-hydrogen) atoms. The Hall–Kier alpha value is -1.59. The molecule has 1 rings (SSSR count). The summed E-state index contributed by atoms with van der Waals surface area (Å²) in [6.07, 6.45) is 3.81. The van der Waals surface area contributed by atoms with E-state index in [9.17, 15) is 14.4 Å². The van der Waals surface area contributed by atoms with Crippen LogP contribution in [0, 0.1) is 0 Å². The van der Waals surface area contributed by atoms with Gasteiger partial charge >= 0.3 is 0 Å². The summed E-state index contributed by atoms with van der Waals surface area (Å²) in [7, 11) is 0. The van der Waals surface area contributed by atoms with E-state index in [1.807, 2.05) is 6.92 Å². The van der Waals surface area contributed by atoms with Gasteiger partial charge in [-0.15, -0.1) is 0 Å². The fourth-order valence-corrected chi connectivity index (χ4v) is 1.96. The van der Waals surface area contributed by atoms with Crippen molar-refractivity contribution in [1.29, 1.82) is 0 Å². The van der Waals surface area contributed by atoms with Crippen LogP contribution in [0.25, 0.3) is 0 Å². The van der Waals surface area contributed by atoms with E-state index in [-0.39, 0.29) is 5.91 Å². The highest BCUT2D eigenvalue weighted by Gasteiger charge is 2.33. The molecule has 0 aromatic carbocycles. The third kappa shape index (κ3) is 3.18. The molecule has 0 bridgehead atoms. The first-order valence-electron chi connectivity index (χ1n) is 5.95. The lowest BCUT2D eigenvalue weighted by molar-refractivity contribution is -0.169. The molecule has 1 unspecified atom stereocenters. The summed E-state index contributed by atoms with van der Waals surface area (Å²) in [6, 6.07) is -0.688. The van der Waals surface area contributed by atoms with Gasteiger partial charge in [-0.1, -0.05) is 13.3 Å². The molecule has 2 N–H and O–H groups in total. The van der Waals surface area contributed by atoms with Crippen LogP contribution in [-0.4, -0.2) is 40.8 Å². The van der Waals surface area contributed by atoms with Gasteiger partial charge in [0, 0.05) is 13.0 Å². The van der Waals surface area contributed by atoms with Crippen LogP contribution in [0.4, 0.5) is 0 Å². The number of hydrogen-bond donors (Lipinski definition) is 1. The minimum Gasteiger partial charge on any atom is -0.368 e. The predicted molar refractivity (Wildman–Crippen MR) is 61.4 cm³/mol. The van der Waals surface area contributed by atoms with Crippen molar-refractivity contribution in [3.63, 3.8) is 0 Å². The van der Waals surface area contributed by atoms with Crippen LogP contribution in [0.1, 0.15) is 39.0 Å². The van der Waals surface area contributed by atoms with Crippen LogP contribution in [-0.2, 0) is 14.4 Å². The highest BCUT2D eigenvalue weighted by molar-refractivity contribution is 5.84. The van der Waals surface area contributed by atoms with Gasteiger partial charge in [-0.2, -0.15) is 0 Å². The van der Waals surface area contributed by atoms with Crippen LogP contribution in [0.5, 0.6) is 0 Å². The monoisotopic (exact) mass is 241 g/mol. The molecule has 0 aliphatic carbocycles. The van der Waals surface area contributed by atoms with Gasteiger partial charge in [-0.25, -0.2) is 5.01 Å². The van der Waals surface area contributed by atoms with Crippen molar-refractivity contribution < 1.29 is 14.4 Å². The zero-order valence-electron chi connectivity index (χ0n) is 10.1. The highest BCUT2D eigenvalue weighted by Crippen LogP contribution is 2.17. The van der Waals surface area contributed by atoms with Crippen LogP contribution in [0.2, 0.25) is 0 Å². The molecule has 6 nitrogen and oxygen atoms in total. The lowest BCUT2D eigenvalue weighted by atomic mass is 10.1. The molecular formula is C11H19N3O3. The van der Waals surface area contributed by atoms with Gasteiger partial charge in [0.2, 0.25) is 18.2 Å². The van der Waals surface area contributed by atoms with Gasteiger partial charge in [-0.05, 0) is 19.3 Å². The maximum absolute atomic E-state index is 11.9. The van der Waals surface area contributed by atoms with Gasteiger partial charge < -0.3 is 5.73 Å². The average molecular weight is 241 g/mol. The van der Waals surface area contributed by atoms with Crippen LogP contribution in [0.3, 0.4) is 0 Å². The number of hydrogen-bond acceptors (Lipinski definition) is 3. The minimum absolute atomic E-state index is 0.120. The van der Waals surface area contributed by atoms with Gasteiger partial charge in [0.25, 0.3) is 0 Å². The third-order valence-electron chi connectivity index (χ3n) is 2.91. The van der Waals surface area contributed by atoms with E-state index in [2.05, 4.69) is 0 Å². The number of carbonyl (C=O) groups excluding carboxylic acids is 3. The maximum Gasteiger partial charge on any atom is 0.242 e. The second kappa shape index (κ2) is 6.22. The zero-order chi connectivity index (χ0) is 12.8. The Balaban J connectivity index is 2.72. The molecule has 0 aromatic heterocycles. The Morgan fingerprint density at radius 2 is 2.18 bits per heavy atom. The first-order valence-corrected chi connectivity index (χ1v) is 5.95. The number of nitrogens with zero attached hydrogens (tertiary/aromatic N) is 2. The van der Waals surface area contributed by atoms with Gasteiger partial charge in [0.05, 0.1) is 0 Å². The van der Waals surface area contributed by atoms with E-state index in [0.717, 1.165) is 17.9 Å². The summed E-state index contributed by atoms with van der Waals surface area (Å²) in [5.41, 5.74) is 5.22. The maximum atomic E-state index is 11.9. The Kier molecular flexibility index (Phi) is 4.93. The van der Waals surface area contributed by atoms with Crippen molar-refractivity contribution in [2.24, 2.45) is 5.73 Å².